The summed E-state index contributed by atoms with van der Waals surface area (Å²) in [5, 5.41) is 11.9. The molecular formula is C24H33N5O6. The van der Waals surface area contributed by atoms with Crippen LogP contribution in [0.4, 0.5) is 17.2 Å². The lowest BCUT2D eigenvalue weighted by Gasteiger charge is -2.24. The molecule has 1 aromatic heterocycles. The molecular weight excluding hydrogens is 454 g/mol. The van der Waals surface area contributed by atoms with E-state index in [0.717, 1.165) is 25.2 Å². The standard InChI is InChI=1S/C24H33N5O6/c1-3-34-22(30)17-28(16-19-8-6-18(7-9-19)15-27-10-4-5-11-27)20-14-21(35-13-12-33-2)26-24(25)23(20)29(31)32/h6-9,14H,3-5,10-13,15-17H2,1-2H3,(H2,25,26). The van der Waals surface area contributed by atoms with Gasteiger partial charge in [-0.15, -0.1) is 0 Å². The SMILES string of the molecule is CCOC(=O)CN(Cc1ccc(CN2CCCC2)cc1)c1cc(OCCOC)nc(N)c1[N+](=O)[O-]. The number of anilines is 2. The summed E-state index contributed by atoms with van der Waals surface area (Å²) in [5.41, 5.74) is 7.75. The van der Waals surface area contributed by atoms with E-state index in [-0.39, 0.29) is 49.4 Å². The maximum absolute atomic E-state index is 12.4. The van der Waals surface area contributed by atoms with Crippen LogP contribution in [0.2, 0.25) is 0 Å². The third-order valence-electron chi connectivity index (χ3n) is 5.66. The number of methoxy groups -OCH3 is 1. The number of ether oxygens (including phenoxy) is 3. The van der Waals surface area contributed by atoms with E-state index in [0.29, 0.717) is 6.61 Å². The van der Waals surface area contributed by atoms with Gasteiger partial charge in [0.2, 0.25) is 11.7 Å². The Morgan fingerprint density at radius 3 is 2.51 bits per heavy atom. The summed E-state index contributed by atoms with van der Waals surface area (Å²) in [5.74, 6) is -0.700. The van der Waals surface area contributed by atoms with Gasteiger partial charge in [-0.3, -0.25) is 19.8 Å². The first-order chi connectivity index (χ1) is 16.9. The zero-order valence-electron chi connectivity index (χ0n) is 20.3. The molecule has 3 rings (SSSR count). The van der Waals surface area contributed by atoms with Crippen molar-refractivity contribution < 1.29 is 23.9 Å². The predicted molar refractivity (Wildman–Crippen MR) is 131 cm³/mol. The minimum Gasteiger partial charge on any atom is -0.475 e. The van der Waals surface area contributed by atoms with Crippen molar-refractivity contribution in [3.8, 4) is 5.88 Å². The first kappa shape index (κ1) is 26.2. The van der Waals surface area contributed by atoms with Crippen LogP contribution in [0.3, 0.4) is 0 Å². The number of rotatable bonds is 13. The summed E-state index contributed by atoms with van der Waals surface area (Å²) >= 11 is 0. The number of hydrogen-bond acceptors (Lipinski definition) is 10. The maximum Gasteiger partial charge on any atom is 0.334 e. The quantitative estimate of drug-likeness (QED) is 0.195. The summed E-state index contributed by atoms with van der Waals surface area (Å²) < 4.78 is 15.6. The average Bonchev–Trinajstić information content (AvgIpc) is 3.32. The third-order valence-corrected chi connectivity index (χ3v) is 5.66. The van der Waals surface area contributed by atoms with Crippen LogP contribution in [0, 0.1) is 10.1 Å². The average molecular weight is 488 g/mol. The number of aromatic nitrogens is 1. The van der Waals surface area contributed by atoms with Gasteiger partial charge in [-0.1, -0.05) is 24.3 Å². The lowest BCUT2D eigenvalue weighted by Crippen LogP contribution is -2.31. The number of nitrogens with two attached hydrogens (primary N) is 1. The van der Waals surface area contributed by atoms with Gasteiger partial charge in [0.25, 0.3) is 0 Å². The number of carbonyl (C=O) groups is 1. The lowest BCUT2D eigenvalue weighted by atomic mass is 10.1. The molecule has 0 amide bonds. The van der Waals surface area contributed by atoms with Gasteiger partial charge in [-0.25, -0.2) is 0 Å². The van der Waals surface area contributed by atoms with E-state index in [4.69, 9.17) is 19.9 Å². The highest BCUT2D eigenvalue weighted by atomic mass is 16.6. The normalized spacial score (nSPS) is 13.5. The van der Waals surface area contributed by atoms with Crippen LogP contribution in [0.15, 0.2) is 30.3 Å². The number of nitrogen functional groups attached to an aromatic ring is 1. The predicted octanol–water partition coefficient (Wildman–Crippen LogP) is 2.76. The fourth-order valence-electron chi connectivity index (χ4n) is 4.01. The van der Waals surface area contributed by atoms with Gasteiger partial charge in [0.1, 0.15) is 18.8 Å². The van der Waals surface area contributed by atoms with Crippen molar-refractivity contribution in [1.82, 2.24) is 9.88 Å². The van der Waals surface area contributed by atoms with E-state index in [1.54, 1.807) is 11.8 Å². The molecule has 0 aliphatic carbocycles. The van der Waals surface area contributed by atoms with Gasteiger partial charge in [0.15, 0.2) is 0 Å². The highest BCUT2D eigenvalue weighted by Crippen LogP contribution is 2.36. The minimum atomic E-state index is -0.603. The van der Waals surface area contributed by atoms with Crippen molar-refractivity contribution in [3.05, 3.63) is 51.6 Å². The van der Waals surface area contributed by atoms with Gasteiger partial charge in [-0.2, -0.15) is 4.98 Å². The molecule has 1 aliphatic heterocycles. The van der Waals surface area contributed by atoms with E-state index in [9.17, 15) is 14.9 Å². The summed E-state index contributed by atoms with van der Waals surface area (Å²) in [6.07, 6.45) is 2.46. The zero-order valence-corrected chi connectivity index (χ0v) is 20.3. The zero-order chi connectivity index (χ0) is 25.2. The molecule has 2 heterocycles. The number of nitro groups is 1. The van der Waals surface area contributed by atoms with Crippen molar-refractivity contribution in [2.45, 2.75) is 32.9 Å². The number of nitrogens with zero attached hydrogens (tertiary/aromatic N) is 4. The van der Waals surface area contributed by atoms with Crippen LogP contribution < -0.4 is 15.4 Å². The Morgan fingerprint density at radius 2 is 1.89 bits per heavy atom. The van der Waals surface area contributed by atoms with Crippen LogP contribution >= 0.6 is 0 Å². The Bertz CT molecular complexity index is 995. The second-order valence-electron chi connectivity index (χ2n) is 8.27. The molecule has 1 saturated heterocycles. The number of carbonyl (C=O) groups excluding carboxylic acids is 1. The molecule has 1 fully saturated rings. The maximum atomic E-state index is 12.4. The van der Waals surface area contributed by atoms with Gasteiger partial charge >= 0.3 is 11.7 Å². The molecule has 2 N–H and O–H groups in total. The first-order valence-electron chi connectivity index (χ1n) is 11.7. The Balaban J connectivity index is 1.89. The lowest BCUT2D eigenvalue weighted by molar-refractivity contribution is -0.383. The summed E-state index contributed by atoms with van der Waals surface area (Å²) in [7, 11) is 1.53. The Hall–Kier alpha value is -3.44. The highest BCUT2D eigenvalue weighted by Gasteiger charge is 2.28. The van der Waals surface area contributed by atoms with E-state index < -0.39 is 10.9 Å². The number of likely N-dealkylation sites (tertiary alicyclic amines) is 1. The number of benzene rings is 1. The smallest absolute Gasteiger partial charge is 0.334 e. The molecule has 11 nitrogen and oxygen atoms in total. The summed E-state index contributed by atoms with van der Waals surface area (Å²) in [4.78, 5) is 31.6. The Kier molecular flexibility index (Phi) is 9.62. The highest BCUT2D eigenvalue weighted by molar-refractivity contribution is 5.80. The number of esters is 1. The summed E-state index contributed by atoms with van der Waals surface area (Å²) in [6, 6.07) is 9.45. The largest absolute Gasteiger partial charge is 0.475 e. The van der Waals surface area contributed by atoms with Crippen LogP contribution in [0.1, 0.15) is 30.9 Å². The molecule has 2 aromatic rings. The van der Waals surface area contributed by atoms with Crippen molar-refractivity contribution in [2.75, 3.05) is 57.2 Å². The first-order valence-corrected chi connectivity index (χ1v) is 11.7. The summed E-state index contributed by atoms with van der Waals surface area (Å²) in [6.45, 7) is 5.53. The van der Waals surface area contributed by atoms with E-state index in [1.165, 1.54) is 31.6 Å². The Labute approximate surface area is 204 Å². The number of hydrogen-bond donors (Lipinski definition) is 1. The van der Waals surface area contributed by atoms with E-state index in [2.05, 4.69) is 9.88 Å². The molecule has 0 spiro atoms. The molecule has 0 radical (unpaired) electrons. The fraction of sp³-hybridized carbons (Fsp3) is 0.500. The topological polar surface area (TPSA) is 133 Å². The van der Waals surface area contributed by atoms with Crippen molar-refractivity contribution >= 4 is 23.2 Å². The van der Waals surface area contributed by atoms with Gasteiger partial charge in [0.05, 0.1) is 18.1 Å². The van der Waals surface area contributed by atoms with E-state index >= 15 is 0 Å². The molecule has 1 aromatic carbocycles. The fourth-order valence-corrected chi connectivity index (χ4v) is 4.01. The number of pyridine rings is 1. The molecule has 0 unspecified atom stereocenters. The minimum absolute atomic E-state index is 0.106. The van der Waals surface area contributed by atoms with Crippen LogP contribution in [-0.4, -0.2) is 67.3 Å². The second kappa shape index (κ2) is 12.9. The monoisotopic (exact) mass is 487 g/mol. The van der Waals surface area contributed by atoms with Gasteiger partial charge in [-0.05, 0) is 44.0 Å². The van der Waals surface area contributed by atoms with Gasteiger partial charge < -0.3 is 24.8 Å². The molecule has 35 heavy (non-hydrogen) atoms. The van der Waals surface area contributed by atoms with Crippen molar-refractivity contribution in [2.24, 2.45) is 0 Å². The molecule has 1 aliphatic rings. The molecule has 0 bridgehead atoms. The second-order valence-corrected chi connectivity index (χ2v) is 8.27. The van der Waals surface area contributed by atoms with Crippen LogP contribution in [0.5, 0.6) is 5.88 Å². The van der Waals surface area contributed by atoms with Crippen molar-refractivity contribution in [1.29, 1.82) is 0 Å². The van der Waals surface area contributed by atoms with Crippen LogP contribution in [-0.2, 0) is 27.4 Å². The van der Waals surface area contributed by atoms with Gasteiger partial charge in [0, 0.05) is 26.3 Å². The molecule has 0 atom stereocenters. The van der Waals surface area contributed by atoms with Crippen molar-refractivity contribution in [3.63, 3.8) is 0 Å². The molecule has 190 valence electrons. The van der Waals surface area contributed by atoms with E-state index in [1.807, 2.05) is 24.3 Å². The molecule has 11 heteroatoms. The van der Waals surface area contributed by atoms with Crippen LogP contribution in [0.25, 0.3) is 0 Å². The third kappa shape index (κ3) is 7.52. The molecule has 0 saturated carbocycles. The Morgan fingerprint density at radius 1 is 1.20 bits per heavy atom.